The third kappa shape index (κ3) is 2.58. The summed E-state index contributed by atoms with van der Waals surface area (Å²) in [7, 11) is 0. The predicted molar refractivity (Wildman–Crippen MR) is 81.7 cm³/mol. The largest absolute Gasteiger partial charge is 0.342 e. The van der Waals surface area contributed by atoms with E-state index in [1.165, 1.54) is 25.7 Å². The Labute approximate surface area is 127 Å². The highest BCUT2D eigenvalue weighted by Gasteiger charge is 2.52. The lowest BCUT2D eigenvalue weighted by atomic mass is 9.75. The first-order valence-corrected chi connectivity index (χ1v) is 8.80. The summed E-state index contributed by atoms with van der Waals surface area (Å²) in [6, 6.07) is -0.282. The van der Waals surface area contributed by atoms with E-state index in [1.807, 2.05) is 4.90 Å². The van der Waals surface area contributed by atoms with Gasteiger partial charge in [-0.15, -0.1) is 0 Å². The van der Waals surface area contributed by atoms with Gasteiger partial charge in [0.25, 0.3) is 0 Å². The third-order valence-electron chi connectivity index (χ3n) is 5.73. The van der Waals surface area contributed by atoms with Crippen LogP contribution < -0.4 is 5.32 Å². The van der Waals surface area contributed by atoms with Crippen LogP contribution in [0.25, 0.3) is 0 Å². The summed E-state index contributed by atoms with van der Waals surface area (Å²) in [5.41, 5.74) is -0.519. The maximum Gasteiger partial charge on any atom is 0.246 e. The summed E-state index contributed by atoms with van der Waals surface area (Å²) >= 11 is 0. The minimum absolute atomic E-state index is 0.125. The number of nitrogens with one attached hydrogen (secondary N) is 1. The van der Waals surface area contributed by atoms with Gasteiger partial charge in [-0.2, -0.15) is 0 Å². The fraction of sp³-hybridized carbons (Fsp3) is 0.882. The molecule has 0 aromatic carbocycles. The van der Waals surface area contributed by atoms with Crippen molar-refractivity contribution in [1.29, 1.82) is 0 Å². The van der Waals surface area contributed by atoms with Crippen molar-refractivity contribution in [3.8, 4) is 0 Å². The average Bonchev–Trinajstić information content (AvgIpc) is 2.44. The fourth-order valence-electron chi connectivity index (χ4n) is 4.19. The van der Waals surface area contributed by atoms with Crippen LogP contribution in [0, 0.1) is 5.92 Å². The fourth-order valence-corrected chi connectivity index (χ4v) is 4.19. The van der Waals surface area contributed by atoms with Crippen molar-refractivity contribution in [2.24, 2.45) is 5.92 Å². The highest BCUT2D eigenvalue weighted by atomic mass is 16.2. The van der Waals surface area contributed by atoms with Gasteiger partial charge in [0, 0.05) is 6.54 Å². The first kappa shape index (κ1) is 14.9. The second-order valence-corrected chi connectivity index (χ2v) is 7.15. The Morgan fingerprint density at radius 1 is 1.14 bits per heavy atom. The Morgan fingerprint density at radius 3 is 2.43 bits per heavy atom. The topological polar surface area (TPSA) is 49.4 Å². The molecule has 1 unspecified atom stereocenters. The Kier molecular flexibility index (Phi) is 4.23. The molecule has 1 saturated heterocycles. The van der Waals surface area contributed by atoms with E-state index in [0.29, 0.717) is 5.92 Å². The van der Waals surface area contributed by atoms with E-state index in [-0.39, 0.29) is 17.9 Å². The number of amides is 2. The summed E-state index contributed by atoms with van der Waals surface area (Å²) in [6.07, 6.45) is 10.5. The number of nitrogens with zero attached hydrogens (tertiary/aromatic N) is 1. The van der Waals surface area contributed by atoms with Gasteiger partial charge in [0.05, 0.1) is 0 Å². The Hall–Kier alpha value is -1.06. The van der Waals surface area contributed by atoms with Gasteiger partial charge in [-0.1, -0.05) is 39.0 Å². The average molecular weight is 292 g/mol. The van der Waals surface area contributed by atoms with Crippen LogP contribution in [0.1, 0.15) is 71.1 Å². The van der Waals surface area contributed by atoms with Gasteiger partial charge in [0.15, 0.2) is 0 Å². The lowest BCUT2D eigenvalue weighted by Crippen LogP contribution is -2.71. The molecule has 0 aromatic rings. The molecule has 0 aromatic heterocycles. The van der Waals surface area contributed by atoms with Crippen LogP contribution in [-0.2, 0) is 9.59 Å². The van der Waals surface area contributed by atoms with Crippen molar-refractivity contribution in [3.63, 3.8) is 0 Å². The van der Waals surface area contributed by atoms with Crippen molar-refractivity contribution in [2.45, 2.75) is 82.7 Å². The van der Waals surface area contributed by atoms with Gasteiger partial charge in [-0.3, -0.25) is 9.59 Å². The smallest absolute Gasteiger partial charge is 0.246 e. The zero-order valence-electron chi connectivity index (χ0n) is 13.2. The molecular weight excluding hydrogens is 264 g/mol. The van der Waals surface area contributed by atoms with Crippen LogP contribution in [0.2, 0.25) is 0 Å². The van der Waals surface area contributed by atoms with Crippen molar-refractivity contribution >= 4 is 11.8 Å². The molecule has 4 heteroatoms. The summed E-state index contributed by atoms with van der Waals surface area (Å²) in [5.74, 6) is 0.936. The SMILES string of the molecule is CCCC1NC(=O)C2(CCCCC2)N(CC2CCC2)C1=O. The van der Waals surface area contributed by atoms with Gasteiger partial charge < -0.3 is 10.2 Å². The number of hydrogen-bond acceptors (Lipinski definition) is 2. The highest BCUT2D eigenvalue weighted by Crippen LogP contribution is 2.39. The van der Waals surface area contributed by atoms with E-state index in [0.717, 1.165) is 45.1 Å². The van der Waals surface area contributed by atoms with Crippen molar-refractivity contribution in [1.82, 2.24) is 10.2 Å². The molecule has 3 aliphatic rings. The first-order chi connectivity index (χ1) is 10.2. The van der Waals surface area contributed by atoms with Crippen LogP contribution in [-0.4, -0.2) is 34.8 Å². The van der Waals surface area contributed by atoms with Crippen molar-refractivity contribution in [3.05, 3.63) is 0 Å². The van der Waals surface area contributed by atoms with E-state index in [2.05, 4.69) is 12.2 Å². The van der Waals surface area contributed by atoms with Crippen LogP contribution in [0.5, 0.6) is 0 Å². The van der Waals surface area contributed by atoms with Crippen LogP contribution in [0.4, 0.5) is 0 Å². The van der Waals surface area contributed by atoms with Crippen LogP contribution in [0.15, 0.2) is 0 Å². The van der Waals surface area contributed by atoms with Crippen LogP contribution in [0.3, 0.4) is 0 Å². The van der Waals surface area contributed by atoms with E-state index in [4.69, 9.17) is 0 Å². The quantitative estimate of drug-likeness (QED) is 0.866. The minimum atomic E-state index is -0.519. The predicted octanol–water partition coefficient (Wildman–Crippen LogP) is 2.62. The molecule has 3 fully saturated rings. The Balaban J connectivity index is 1.84. The molecule has 4 nitrogen and oxygen atoms in total. The first-order valence-electron chi connectivity index (χ1n) is 8.80. The number of piperazine rings is 1. The monoisotopic (exact) mass is 292 g/mol. The number of carbonyl (C=O) groups excluding carboxylic acids is 2. The molecule has 2 saturated carbocycles. The normalized spacial score (nSPS) is 29.4. The molecular formula is C17H28N2O2. The number of rotatable bonds is 4. The molecule has 0 bridgehead atoms. The van der Waals surface area contributed by atoms with Crippen molar-refractivity contribution in [2.75, 3.05) is 6.54 Å². The van der Waals surface area contributed by atoms with Gasteiger partial charge in [-0.05, 0) is 38.0 Å². The molecule has 1 aliphatic heterocycles. The van der Waals surface area contributed by atoms with Gasteiger partial charge in [0.2, 0.25) is 11.8 Å². The third-order valence-corrected chi connectivity index (χ3v) is 5.73. The molecule has 1 heterocycles. The zero-order valence-corrected chi connectivity index (χ0v) is 13.2. The van der Waals surface area contributed by atoms with E-state index in [1.54, 1.807) is 0 Å². The Bertz CT molecular complexity index is 411. The summed E-state index contributed by atoms with van der Waals surface area (Å²) in [4.78, 5) is 27.7. The summed E-state index contributed by atoms with van der Waals surface area (Å²) in [6.45, 7) is 2.88. The molecule has 118 valence electrons. The van der Waals surface area contributed by atoms with Gasteiger partial charge in [-0.25, -0.2) is 0 Å². The molecule has 21 heavy (non-hydrogen) atoms. The maximum absolute atomic E-state index is 12.9. The summed E-state index contributed by atoms with van der Waals surface area (Å²) < 4.78 is 0. The van der Waals surface area contributed by atoms with Gasteiger partial charge in [0.1, 0.15) is 11.6 Å². The van der Waals surface area contributed by atoms with E-state index < -0.39 is 5.54 Å². The molecule has 1 N–H and O–H groups in total. The van der Waals surface area contributed by atoms with E-state index in [9.17, 15) is 9.59 Å². The lowest BCUT2D eigenvalue weighted by Gasteiger charge is -2.51. The molecule has 1 spiro atoms. The lowest BCUT2D eigenvalue weighted by molar-refractivity contribution is -0.161. The maximum atomic E-state index is 12.9. The molecule has 2 aliphatic carbocycles. The minimum Gasteiger partial charge on any atom is -0.342 e. The number of carbonyl (C=O) groups is 2. The molecule has 0 radical (unpaired) electrons. The van der Waals surface area contributed by atoms with Crippen molar-refractivity contribution < 1.29 is 9.59 Å². The number of hydrogen-bond donors (Lipinski definition) is 1. The second-order valence-electron chi connectivity index (χ2n) is 7.15. The second kappa shape index (κ2) is 5.98. The van der Waals surface area contributed by atoms with Crippen LogP contribution >= 0.6 is 0 Å². The summed E-state index contributed by atoms with van der Waals surface area (Å²) in [5, 5.41) is 3.04. The molecule has 3 rings (SSSR count). The van der Waals surface area contributed by atoms with Gasteiger partial charge >= 0.3 is 0 Å². The molecule has 2 amide bonds. The zero-order chi connectivity index (χ0) is 14.9. The van der Waals surface area contributed by atoms with E-state index >= 15 is 0 Å². The molecule has 1 atom stereocenters. The highest BCUT2D eigenvalue weighted by molar-refractivity contribution is 5.99. The standard InChI is InChI=1S/C17H28N2O2/c1-2-7-14-15(20)19(12-13-8-6-9-13)17(16(21)18-14)10-4-3-5-11-17/h13-14H,2-12H2,1H3,(H,18,21). The Morgan fingerprint density at radius 2 is 1.86 bits per heavy atom.